The molecule has 0 radical (unpaired) electrons. The monoisotopic (exact) mass is 282 g/mol. The molecule has 3 fully saturated rings. The Kier molecular flexibility index (Phi) is 1.90. The topological polar surface area (TPSA) is 0 Å². The molecule has 0 aromatic rings. The maximum Gasteiger partial charge on any atom is 0.00586 e. The highest BCUT2D eigenvalue weighted by Gasteiger charge is 2.70. The van der Waals surface area contributed by atoms with Crippen LogP contribution >= 0.6 is 0 Å². The van der Waals surface area contributed by atoms with Gasteiger partial charge in [0, 0.05) is 5.92 Å². The summed E-state index contributed by atoms with van der Waals surface area (Å²) < 4.78 is 0. The van der Waals surface area contributed by atoms with E-state index in [1.54, 1.807) is 5.57 Å². The largest absolute Gasteiger partial charge is 0.0588 e. The fourth-order valence-electron chi connectivity index (χ4n) is 7.64. The van der Waals surface area contributed by atoms with Crippen LogP contribution in [0.4, 0.5) is 0 Å². The Bertz CT molecular complexity index is 628. The van der Waals surface area contributed by atoms with Gasteiger partial charge in [0.05, 0.1) is 0 Å². The molecule has 3 saturated carbocycles. The van der Waals surface area contributed by atoms with E-state index < -0.39 is 0 Å². The van der Waals surface area contributed by atoms with Gasteiger partial charge in [-0.15, -0.1) is 0 Å². The first-order chi connectivity index (χ1) is 9.66. The lowest BCUT2D eigenvalue weighted by atomic mass is 9.65. The molecule has 21 heavy (non-hydrogen) atoms. The summed E-state index contributed by atoms with van der Waals surface area (Å²) in [6.07, 6.45) is 8.49. The van der Waals surface area contributed by atoms with Crippen molar-refractivity contribution in [2.75, 3.05) is 0 Å². The van der Waals surface area contributed by atoms with Crippen molar-refractivity contribution in [1.29, 1.82) is 0 Å². The van der Waals surface area contributed by atoms with Crippen molar-refractivity contribution in [1.82, 2.24) is 0 Å². The van der Waals surface area contributed by atoms with E-state index in [1.807, 2.05) is 11.1 Å². The van der Waals surface area contributed by atoms with Crippen LogP contribution in [0.5, 0.6) is 0 Å². The fraction of sp³-hybridized carbons (Fsp3) is 0.810. The zero-order valence-corrected chi connectivity index (χ0v) is 14.6. The molecule has 0 spiro atoms. The summed E-state index contributed by atoms with van der Waals surface area (Å²) in [7, 11) is 0. The van der Waals surface area contributed by atoms with Crippen molar-refractivity contribution < 1.29 is 0 Å². The predicted octanol–water partition coefficient (Wildman–Crippen LogP) is 5.75. The van der Waals surface area contributed by atoms with Gasteiger partial charge in [0.1, 0.15) is 0 Å². The van der Waals surface area contributed by atoms with E-state index in [0.29, 0.717) is 21.7 Å². The first-order valence-corrected chi connectivity index (χ1v) is 9.13. The van der Waals surface area contributed by atoms with Crippen LogP contribution in [0.15, 0.2) is 22.8 Å². The molecule has 0 heterocycles. The molecule has 0 nitrogen and oxygen atoms in total. The summed E-state index contributed by atoms with van der Waals surface area (Å²) in [6.45, 7) is 15.4. The first-order valence-electron chi connectivity index (χ1n) is 9.13. The van der Waals surface area contributed by atoms with Crippen molar-refractivity contribution >= 4 is 0 Å². The van der Waals surface area contributed by atoms with Crippen LogP contribution in [0.25, 0.3) is 0 Å². The zero-order valence-electron chi connectivity index (χ0n) is 14.6. The van der Waals surface area contributed by atoms with Crippen LogP contribution < -0.4 is 0 Å². The Morgan fingerprint density at radius 1 is 0.857 bits per heavy atom. The van der Waals surface area contributed by atoms with Gasteiger partial charge in [-0.25, -0.2) is 0 Å². The van der Waals surface area contributed by atoms with E-state index in [1.165, 1.54) is 25.7 Å². The Labute approximate surface area is 130 Å². The molecule has 5 rings (SSSR count). The standard InChI is InChI=1S/C21H30/c1-18(2)12-7-9-20(18,5)14-11-15-17(16(12)14)13-8-10-21(15,6)19(13,3)4/h11-13,16H,7-10H2,1-6H3. The molecule has 114 valence electrons. The molecule has 0 amide bonds. The van der Waals surface area contributed by atoms with Gasteiger partial charge >= 0.3 is 0 Å². The molecule has 4 bridgehead atoms. The van der Waals surface area contributed by atoms with Gasteiger partial charge in [0.2, 0.25) is 0 Å². The van der Waals surface area contributed by atoms with Gasteiger partial charge in [-0.1, -0.05) is 58.8 Å². The highest BCUT2D eigenvalue weighted by Crippen LogP contribution is 2.80. The zero-order chi connectivity index (χ0) is 15.0. The SMILES string of the molecule is CC12CCC(C3=C1C=C1C3C3CCC1(C)C3(C)C)C2(C)C. The lowest BCUT2D eigenvalue weighted by Crippen LogP contribution is -2.31. The molecular weight excluding hydrogens is 252 g/mol. The summed E-state index contributed by atoms with van der Waals surface area (Å²) in [5.74, 6) is 2.62. The van der Waals surface area contributed by atoms with Gasteiger partial charge in [-0.2, -0.15) is 0 Å². The van der Waals surface area contributed by atoms with E-state index in [-0.39, 0.29) is 0 Å². The fourth-order valence-corrected chi connectivity index (χ4v) is 7.64. The van der Waals surface area contributed by atoms with E-state index in [2.05, 4.69) is 47.6 Å². The molecular formula is C21H30. The van der Waals surface area contributed by atoms with E-state index >= 15 is 0 Å². The minimum Gasteiger partial charge on any atom is -0.0588 e. The van der Waals surface area contributed by atoms with Gasteiger partial charge in [0.15, 0.2) is 0 Å². The smallest absolute Gasteiger partial charge is 0.00586 e. The second kappa shape index (κ2) is 3.08. The van der Waals surface area contributed by atoms with Crippen LogP contribution in [-0.4, -0.2) is 0 Å². The molecule has 0 aliphatic heterocycles. The lowest BCUT2D eigenvalue weighted by molar-refractivity contribution is 0.164. The van der Waals surface area contributed by atoms with Crippen LogP contribution in [0.1, 0.15) is 67.2 Å². The van der Waals surface area contributed by atoms with Crippen molar-refractivity contribution in [3.05, 3.63) is 22.8 Å². The molecule has 5 aliphatic carbocycles. The van der Waals surface area contributed by atoms with Crippen LogP contribution in [0, 0.1) is 39.4 Å². The lowest BCUT2D eigenvalue weighted by Gasteiger charge is -2.39. The summed E-state index contributed by atoms with van der Waals surface area (Å²) in [6, 6.07) is 0. The Morgan fingerprint density at radius 3 is 2.24 bits per heavy atom. The number of fused-ring (bicyclic) bond motifs is 10. The second-order valence-electron chi connectivity index (χ2n) is 10.3. The number of rotatable bonds is 0. The van der Waals surface area contributed by atoms with Gasteiger partial charge < -0.3 is 0 Å². The third-order valence-electron chi connectivity index (χ3n) is 9.82. The summed E-state index contributed by atoms with van der Waals surface area (Å²) in [5.41, 5.74) is 7.52. The Balaban J connectivity index is 1.72. The van der Waals surface area contributed by atoms with Crippen molar-refractivity contribution in [2.24, 2.45) is 39.4 Å². The molecule has 0 aromatic heterocycles. The van der Waals surface area contributed by atoms with Gasteiger partial charge in [-0.3, -0.25) is 0 Å². The summed E-state index contributed by atoms with van der Waals surface area (Å²) >= 11 is 0. The average Bonchev–Trinajstić information content (AvgIpc) is 3.03. The molecule has 5 atom stereocenters. The Morgan fingerprint density at radius 2 is 1.52 bits per heavy atom. The minimum atomic E-state index is 0.463. The predicted molar refractivity (Wildman–Crippen MR) is 87.8 cm³/mol. The molecule has 0 saturated heterocycles. The van der Waals surface area contributed by atoms with Gasteiger partial charge in [-0.05, 0) is 64.8 Å². The maximum atomic E-state index is 2.72. The van der Waals surface area contributed by atoms with Crippen molar-refractivity contribution in [3.8, 4) is 0 Å². The third-order valence-corrected chi connectivity index (χ3v) is 9.82. The number of hydrogen-bond acceptors (Lipinski definition) is 0. The molecule has 5 aliphatic rings. The normalized spacial score (nSPS) is 54.2. The third kappa shape index (κ3) is 0.991. The number of allylic oxidation sites excluding steroid dienone is 4. The quantitative estimate of drug-likeness (QED) is 0.530. The highest BCUT2D eigenvalue weighted by molar-refractivity contribution is 5.59. The molecule has 0 N–H and O–H groups in total. The van der Waals surface area contributed by atoms with E-state index in [9.17, 15) is 0 Å². The number of hydrogen-bond donors (Lipinski definition) is 0. The summed E-state index contributed by atoms with van der Waals surface area (Å²) in [5, 5.41) is 0. The van der Waals surface area contributed by atoms with E-state index in [4.69, 9.17) is 0 Å². The molecule has 0 aromatic carbocycles. The average molecular weight is 282 g/mol. The Hall–Kier alpha value is -0.520. The van der Waals surface area contributed by atoms with E-state index in [0.717, 1.165) is 17.8 Å². The highest BCUT2D eigenvalue weighted by atomic mass is 14.7. The van der Waals surface area contributed by atoms with Crippen LogP contribution in [-0.2, 0) is 0 Å². The van der Waals surface area contributed by atoms with Gasteiger partial charge in [0.25, 0.3) is 0 Å². The van der Waals surface area contributed by atoms with Crippen molar-refractivity contribution in [3.63, 3.8) is 0 Å². The molecule has 5 unspecified atom stereocenters. The van der Waals surface area contributed by atoms with Crippen molar-refractivity contribution in [2.45, 2.75) is 67.2 Å². The second-order valence-corrected chi connectivity index (χ2v) is 10.3. The maximum absolute atomic E-state index is 2.72. The molecule has 0 heteroatoms. The summed E-state index contributed by atoms with van der Waals surface area (Å²) in [4.78, 5) is 0. The first kappa shape index (κ1) is 13.0. The van der Waals surface area contributed by atoms with Crippen LogP contribution in [0.3, 0.4) is 0 Å². The van der Waals surface area contributed by atoms with Crippen LogP contribution in [0.2, 0.25) is 0 Å². The minimum absolute atomic E-state index is 0.463.